The van der Waals surface area contributed by atoms with Crippen LogP contribution >= 0.6 is 0 Å². The molecule has 0 spiro atoms. The summed E-state index contributed by atoms with van der Waals surface area (Å²) in [7, 11) is 0. The fourth-order valence-electron chi connectivity index (χ4n) is 1.26. The Morgan fingerprint density at radius 3 is 2.50 bits per heavy atom. The molecule has 16 heavy (non-hydrogen) atoms. The Balaban J connectivity index is 2.79. The lowest BCUT2D eigenvalue weighted by Crippen LogP contribution is -2.34. The van der Waals surface area contributed by atoms with E-state index in [1.807, 2.05) is 0 Å². The van der Waals surface area contributed by atoms with Gasteiger partial charge in [-0.05, 0) is 17.7 Å². The summed E-state index contributed by atoms with van der Waals surface area (Å²) in [6, 6.07) is 4.63. The van der Waals surface area contributed by atoms with Crippen LogP contribution in [0.1, 0.15) is 5.56 Å². The molecule has 86 valence electrons. The van der Waals surface area contributed by atoms with Crippen LogP contribution in [0.4, 0.5) is 4.48 Å². The number of phenolic OH excluding ortho intramolecular Hbond substituents is 1. The molecule has 0 bridgehead atoms. The van der Waals surface area contributed by atoms with Crippen molar-refractivity contribution in [2.45, 2.75) is 12.5 Å². The van der Waals surface area contributed by atoms with Crippen LogP contribution < -0.4 is 0 Å². The van der Waals surface area contributed by atoms with Gasteiger partial charge in [-0.25, -0.2) is 9.92 Å². The second kappa shape index (κ2) is 5.16. The molecule has 0 saturated heterocycles. The minimum absolute atomic E-state index is 0.00185. The van der Waals surface area contributed by atoms with Crippen molar-refractivity contribution in [3.8, 4) is 5.75 Å². The summed E-state index contributed by atoms with van der Waals surface area (Å²) in [5, 5.41) is 17.9. The first-order valence-corrected chi connectivity index (χ1v) is 4.62. The maximum atomic E-state index is 13.1. The smallest absolute Gasteiger partial charge is 0.329 e. The molecule has 0 fully saturated rings. The molecule has 0 heterocycles. The summed E-state index contributed by atoms with van der Waals surface area (Å²) in [5.74, 6) is -1.19. The topological polar surface area (TPSA) is 60.8 Å². The third kappa shape index (κ3) is 2.98. The van der Waals surface area contributed by atoms with E-state index >= 15 is 0 Å². The number of carboxylic acids is 1. The molecule has 0 saturated carbocycles. The molecule has 1 aromatic carbocycles. The summed E-state index contributed by atoms with van der Waals surface area (Å²) in [6.07, 6.45) is 0.817. The maximum absolute atomic E-state index is 13.1. The number of hydrogen-bond donors (Lipinski definition) is 2. The number of phenols is 1. The molecule has 4 nitrogen and oxygen atoms in total. The van der Waals surface area contributed by atoms with Gasteiger partial charge in [0.1, 0.15) is 5.75 Å². The largest absolute Gasteiger partial charge is 0.508 e. The van der Waals surface area contributed by atoms with Gasteiger partial charge in [0.2, 0.25) is 0 Å². The Bertz CT molecular complexity index is 377. The maximum Gasteiger partial charge on any atom is 0.329 e. The third-order valence-electron chi connectivity index (χ3n) is 2.12. The van der Waals surface area contributed by atoms with Gasteiger partial charge in [0.25, 0.3) is 0 Å². The van der Waals surface area contributed by atoms with Crippen LogP contribution in [0.5, 0.6) is 5.75 Å². The zero-order valence-corrected chi connectivity index (χ0v) is 8.51. The monoisotopic (exact) mass is 225 g/mol. The van der Waals surface area contributed by atoms with Gasteiger partial charge < -0.3 is 10.2 Å². The Hall–Kier alpha value is -2.04. The summed E-state index contributed by atoms with van der Waals surface area (Å²) < 4.78 is 13.1. The summed E-state index contributed by atoms with van der Waals surface area (Å²) in [5.41, 5.74) is 0.620. The predicted octanol–water partition coefficient (Wildman–Crippen LogP) is 1.72. The molecule has 0 aliphatic carbocycles. The molecule has 0 aliphatic rings. The van der Waals surface area contributed by atoms with E-state index < -0.39 is 12.0 Å². The highest BCUT2D eigenvalue weighted by molar-refractivity contribution is 5.73. The molecule has 0 aromatic heterocycles. The molecule has 5 heteroatoms. The van der Waals surface area contributed by atoms with E-state index in [0.717, 1.165) is 6.20 Å². The van der Waals surface area contributed by atoms with Crippen molar-refractivity contribution in [2.24, 2.45) is 0 Å². The zero-order valence-electron chi connectivity index (χ0n) is 8.51. The van der Waals surface area contributed by atoms with Crippen LogP contribution in [0, 0.1) is 0 Å². The average molecular weight is 225 g/mol. The van der Waals surface area contributed by atoms with Crippen LogP contribution in [0.3, 0.4) is 0 Å². The Morgan fingerprint density at radius 2 is 2.06 bits per heavy atom. The van der Waals surface area contributed by atoms with Gasteiger partial charge in [0.15, 0.2) is 6.04 Å². The molecule has 0 radical (unpaired) electrons. The Labute approximate surface area is 92.2 Å². The summed E-state index contributed by atoms with van der Waals surface area (Å²) in [6.45, 7) is 3.17. The number of aliphatic carboxylic acids is 1. The Kier molecular flexibility index (Phi) is 3.88. The minimum Gasteiger partial charge on any atom is -0.508 e. The van der Waals surface area contributed by atoms with Crippen LogP contribution in [0.15, 0.2) is 37.0 Å². The number of rotatable bonds is 5. The van der Waals surface area contributed by atoms with Crippen molar-refractivity contribution in [3.63, 3.8) is 0 Å². The van der Waals surface area contributed by atoms with Crippen molar-refractivity contribution >= 4 is 5.97 Å². The van der Waals surface area contributed by atoms with Gasteiger partial charge in [-0.3, -0.25) is 0 Å². The van der Waals surface area contributed by atoms with E-state index in [0.29, 0.717) is 5.56 Å². The SMILES string of the molecule is C=CN(F)[C@@H](Cc1ccc(O)cc1)C(=O)O. The lowest BCUT2D eigenvalue weighted by atomic mass is 10.1. The molecular weight excluding hydrogens is 213 g/mol. The summed E-state index contributed by atoms with van der Waals surface area (Å²) in [4.78, 5) is 10.8. The van der Waals surface area contributed by atoms with Crippen molar-refractivity contribution in [2.75, 3.05) is 0 Å². The van der Waals surface area contributed by atoms with Gasteiger partial charge in [-0.1, -0.05) is 23.2 Å². The predicted molar refractivity (Wildman–Crippen MR) is 56.4 cm³/mol. The van der Waals surface area contributed by atoms with Crippen molar-refractivity contribution in [1.82, 2.24) is 5.12 Å². The number of nitrogens with zero attached hydrogens (tertiary/aromatic N) is 1. The highest BCUT2D eigenvalue weighted by Gasteiger charge is 2.23. The number of carbonyl (C=O) groups is 1. The molecule has 0 amide bonds. The van der Waals surface area contributed by atoms with Crippen LogP contribution in [-0.2, 0) is 11.2 Å². The number of hydrogen-bond acceptors (Lipinski definition) is 3. The molecule has 1 atom stereocenters. The van der Waals surface area contributed by atoms with Crippen molar-refractivity contribution in [1.29, 1.82) is 0 Å². The standard InChI is InChI=1S/C11H12FNO3/c1-2-13(12)10(11(15)16)7-8-3-5-9(14)6-4-8/h2-6,10,14H,1,7H2,(H,15,16)/t10-/m0/s1. The second-order valence-corrected chi connectivity index (χ2v) is 3.25. The molecule has 0 aliphatic heterocycles. The van der Waals surface area contributed by atoms with E-state index in [1.165, 1.54) is 12.1 Å². The van der Waals surface area contributed by atoms with Crippen LogP contribution in [0.2, 0.25) is 0 Å². The first-order valence-electron chi connectivity index (χ1n) is 4.62. The Morgan fingerprint density at radius 1 is 1.50 bits per heavy atom. The first-order chi connectivity index (χ1) is 7.54. The number of benzene rings is 1. The highest BCUT2D eigenvalue weighted by atomic mass is 19.2. The van der Waals surface area contributed by atoms with E-state index in [-0.39, 0.29) is 17.3 Å². The van der Waals surface area contributed by atoms with Crippen LogP contribution in [-0.4, -0.2) is 27.3 Å². The number of carboxylic acid groups (broad SMARTS) is 1. The van der Waals surface area contributed by atoms with E-state index in [2.05, 4.69) is 6.58 Å². The highest BCUT2D eigenvalue weighted by Crippen LogP contribution is 2.14. The quantitative estimate of drug-likeness (QED) is 0.749. The zero-order chi connectivity index (χ0) is 12.1. The molecule has 1 aromatic rings. The van der Waals surface area contributed by atoms with E-state index in [1.54, 1.807) is 12.1 Å². The van der Waals surface area contributed by atoms with Gasteiger partial charge in [-0.15, -0.1) is 0 Å². The van der Waals surface area contributed by atoms with Crippen LogP contribution in [0.25, 0.3) is 0 Å². The number of halogens is 1. The summed E-state index contributed by atoms with van der Waals surface area (Å²) >= 11 is 0. The van der Waals surface area contributed by atoms with E-state index in [4.69, 9.17) is 10.2 Å². The third-order valence-corrected chi connectivity index (χ3v) is 2.12. The molecule has 0 unspecified atom stereocenters. The van der Waals surface area contributed by atoms with Crippen molar-refractivity contribution < 1.29 is 19.5 Å². The molecule has 2 N–H and O–H groups in total. The second-order valence-electron chi connectivity index (χ2n) is 3.25. The molecular formula is C11H12FNO3. The van der Waals surface area contributed by atoms with Gasteiger partial charge >= 0.3 is 5.97 Å². The molecule has 1 rings (SSSR count). The lowest BCUT2D eigenvalue weighted by molar-refractivity contribution is -0.147. The van der Waals surface area contributed by atoms with Crippen molar-refractivity contribution in [3.05, 3.63) is 42.6 Å². The lowest BCUT2D eigenvalue weighted by Gasteiger charge is -2.17. The van der Waals surface area contributed by atoms with Gasteiger partial charge in [0.05, 0.1) is 0 Å². The minimum atomic E-state index is -1.30. The average Bonchev–Trinajstić information content (AvgIpc) is 2.27. The first kappa shape index (κ1) is 12.0. The van der Waals surface area contributed by atoms with E-state index in [9.17, 15) is 9.28 Å². The fraction of sp³-hybridized carbons (Fsp3) is 0.182. The van der Waals surface area contributed by atoms with Gasteiger partial charge in [-0.2, -0.15) is 0 Å². The number of aromatic hydroxyl groups is 1. The normalized spacial score (nSPS) is 11.8. The fourth-order valence-corrected chi connectivity index (χ4v) is 1.26. The van der Waals surface area contributed by atoms with Gasteiger partial charge in [0, 0.05) is 12.6 Å².